The van der Waals surface area contributed by atoms with Crippen molar-refractivity contribution in [2.45, 2.75) is 37.4 Å². The van der Waals surface area contributed by atoms with E-state index in [0.29, 0.717) is 16.9 Å². The number of nitrogens with zero attached hydrogens (tertiary/aromatic N) is 2. The van der Waals surface area contributed by atoms with Gasteiger partial charge in [-0.2, -0.15) is 13.2 Å². The first-order valence-corrected chi connectivity index (χ1v) is 13.9. The summed E-state index contributed by atoms with van der Waals surface area (Å²) in [6.07, 6.45) is -5.07. The van der Waals surface area contributed by atoms with Crippen molar-refractivity contribution in [3.8, 4) is 17.1 Å². The van der Waals surface area contributed by atoms with Crippen LogP contribution in [0, 0.1) is 0 Å². The quantitative estimate of drug-likeness (QED) is 0.198. The molecular formula is C26H20Cl2F3N3O6S. The van der Waals surface area contributed by atoms with Gasteiger partial charge in [0.15, 0.2) is 5.69 Å². The molecule has 0 saturated heterocycles. The Bertz CT molecular complexity index is 1690. The lowest BCUT2D eigenvalue weighted by Gasteiger charge is -2.16. The van der Waals surface area contributed by atoms with E-state index in [9.17, 15) is 26.4 Å². The Kier molecular flexibility index (Phi) is 8.52. The lowest BCUT2D eigenvalue weighted by atomic mass is 10.0. The summed E-state index contributed by atoms with van der Waals surface area (Å²) in [6, 6.07) is 10.7. The molecule has 0 saturated carbocycles. The third kappa shape index (κ3) is 6.58. The van der Waals surface area contributed by atoms with Crippen LogP contribution < -0.4 is 9.46 Å². The molecule has 0 aliphatic heterocycles. The molecule has 2 N–H and O–H groups in total. The summed E-state index contributed by atoms with van der Waals surface area (Å²) in [5.74, 6) is -1.55. The number of aromatic nitrogens is 2. The molecule has 2 aromatic carbocycles. The van der Waals surface area contributed by atoms with Gasteiger partial charge in [0.25, 0.3) is 10.0 Å². The van der Waals surface area contributed by atoms with Gasteiger partial charge >= 0.3 is 12.1 Å². The number of rotatable bonds is 9. The van der Waals surface area contributed by atoms with Crippen molar-refractivity contribution in [1.29, 1.82) is 0 Å². The second kappa shape index (κ2) is 11.6. The van der Waals surface area contributed by atoms with Crippen LogP contribution in [-0.4, -0.2) is 29.6 Å². The van der Waals surface area contributed by atoms with Crippen LogP contribution in [-0.2, 0) is 22.8 Å². The number of hydrogen-bond acceptors (Lipinski definition) is 7. The van der Waals surface area contributed by atoms with E-state index in [1.807, 2.05) is 18.6 Å². The largest absolute Gasteiger partial charge is 0.478 e. The topological polar surface area (TPSA) is 132 Å². The first kappa shape index (κ1) is 30.2. The van der Waals surface area contributed by atoms with Gasteiger partial charge < -0.3 is 14.4 Å². The summed E-state index contributed by atoms with van der Waals surface area (Å²) in [7, 11) is -4.53. The van der Waals surface area contributed by atoms with Gasteiger partial charge in [-0.25, -0.2) is 18.2 Å². The van der Waals surface area contributed by atoms with Gasteiger partial charge in [-0.3, -0.25) is 4.72 Å². The number of halogens is 5. The first-order chi connectivity index (χ1) is 19.2. The van der Waals surface area contributed by atoms with E-state index in [4.69, 9.17) is 37.6 Å². The number of carbonyl (C=O) groups is 1. The lowest BCUT2D eigenvalue weighted by Crippen LogP contribution is -2.19. The third-order valence-electron chi connectivity index (χ3n) is 5.70. The Balaban J connectivity index is 1.65. The zero-order chi connectivity index (χ0) is 30.1. The van der Waals surface area contributed by atoms with Crippen molar-refractivity contribution in [3.63, 3.8) is 0 Å². The molecule has 2 aromatic heterocycles. The van der Waals surface area contributed by atoms with E-state index in [1.54, 1.807) is 18.2 Å². The van der Waals surface area contributed by atoms with Gasteiger partial charge in [0, 0.05) is 17.5 Å². The molecule has 4 aromatic rings. The number of aromatic carboxylic acids is 1. The SMILES string of the molecule is CC(C)c1onc(-c2c(Cl)cccc2Cl)c1COc1ccc(NS(=O)(=O)c2ccc(C(=O)O)cc2)c(C(F)(F)F)n1. The number of carboxylic acids is 1. The maximum atomic E-state index is 13.9. The van der Waals surface area contributed by atoms with Crippen LogP contribution >= 0.6 is 23.2 Å². The van der Waals surface area contributed by atoms with Crippen LogP contribution in [0.4, 0.5) is 18.9 Å². The van der Waals surface area contributed by atoms with Gasteiger partial charge in [0.2, 0.25) is 5.88 Å². The molecule has 0 fully saturated rings. The molecule has 9 nitrogen and oxygen atoms in total. The molecular weight excluding hydrogens is 610 g/mol. The second-order valence-corrected chi connectivity index (χ2v) is 11.4. The summed E-state index contributed by atoms with van der Waals surface area (Å²) in [5.41, 5.74) is -1.61. The number of sulfonamides is 1. The van der Waals surface area contributed by atoms with E-state index in [2.05, 4.69) is 10.1 Å². The zero-order valence-electron chi connectivity index (χ0n) is 21.2. The number of ether oxygens (including phenoxy) is 1. The molecule has 15 heteroatoms. The standard InChI is InChI=1S/C26H20Cl2F3N3O6S/c1-13(2)23-16(22(33-40-23)21-17(27)4-3-5-18(21)28)12-39-20-11-10-19(24(32-20)26(29,30)31)34-41(37,38)15-8-6-14(7-9-15)25(35)36/h3-11,13,34H,12H2,1-2H3,(H,35,36). The molecule has 0 aliphatic carbocycles. The molecule has 41 heavy (non-hydrogen) atoms. The molecule has 0 bridgehead atoms. The predicted octanol–water partition coefficient (Wildman–Crippen LogP) is 7.26. The van der Waals surface area contributed by atoms with Crippen LogP contribution in [0.15, 0.2) is 64.0 Å². The Morgan fingerprint density at radius 2 is 1.71 bits per heavy atom. The highest BCUT2D eigenvalue weighted by atomic mass is 35.5. The summed E-state index contributed by atoms with van der Waals surface area (Å²) in [4.78, 5) is 14.1. The van der Waals surface area contributed by atoms with Crippen LogP contribution in [0.25, 0.3) is 11.3 Å². The van der Waals surface area contributed by atoms with E-state index in [1.165, 1.54) is 0 Å². The van der Waals surface area contributed by atoms with Gasteiger partial charge in [-0.15, -0.1) is 0 Å². The van der Waals surface area contributed by atoms with Crippen molar-refractivity contribution in [2.24, 2.45) is 0 Å². The monoisotopic (exact) mass is 629 g/mol. The van der Waals surface area contributed by atoms with Crippen molar-refractivity contribution < 1.29 is 40.8 Å². The highest BCUT2D eigenvalue weighted by molar-refractivity contribution is 7.92. The smallest absolute Gasteiger partial charge is 0.435 e. The molecule has 0 spiro atoms. The summed E-state index contributed by atoms with van der Waals surface area (Å²) < 4.78 is 80.2. The number of pyridine rings is 1. The lowest BCUT2D eigenvalue weighted by molar-refractivity contribution is -0.140. The average molecular weight is 630 g/mol. The molecule has 216 valence electrons. The minimum absolute atomic E-state index is 0.184. The molecule has 0 aliphatic rings. The number of carboxylic acid groups (broad SMARTS) is 1. The molecule has 0 radical (unpaired) electrons. The highest BCUT2D eigenvalue weighted by Gasteiger charge is 2.37. The molecule has 0 atom stereocenters. The fraction of sp³-hybridized carbons (Fsp3) is 0.192. The zero-order valence-corrected chi connectivity index (χ0v) is 23.5. The average Bonchev–Trinajstić information content (AvgIpc) is 3.31. The van der Waals surface area contributed by atoms with Crippen LogP contribution in [0.5, 0.6) is 5.88 Å². The van der Waals surface area contributed by atoms with Crippen LogP contribution in [0.1, 0.15) is 47.1 Å². The number of anilines is 1. The van der Waals surface area contributed by atoms with Crippen molar-refractivity contribution in [3.05, 3.63) is 87.2 Å². The number of hydrogen-bond donors (Lipinski definition) is 2. The third-order valence-corrected chi connectivity index (χ3v) is 7.71. The Labute approximate surface area is 241 Å². The van der Waals surface area contributed by atoms with Crippen molar-refractivity contribution >= 4 is 44.9 Å². The number of alkyl halides is 3. The first-order valence-electron chi connectivity index (χ1n) is 11.7. The van der Waals surface area contributed by atoms with Crippen molar-refractivity contribution in [1.82, 2.24) is 10.1 Å². The van der Waals surface area contributed by atoms with Gasteiger partial charge in [-0.1, -0.05) is 48.3 Å². The summed E-state index contributed by atoms with van der Waals surface area (Å²) in [6.45, 7) is 3.31. The second-order valence-electron chi connectivity index (χ2n) is 8.89. The summed E-state index contributed by atoms with van der Waals surface area (Å²) in [5, 5.41) is 13.6. The number of nitrogens with one attached hydrogen (secondary N) is 1. The Hall–Kier alpha value is -3.81. The normalized spacial score (nSPS) is 12.0. The van der Waals surface area contributed by atoms with Gasteiger partial charge in [0.1, 0.15) is 18.1 Å². The molecule has 0 amide bonds. The molecule has 0 unspecified atom stereocenters. The fourth-order valence-corrected chi connectivity index (χ4v) is 5.43. The number of benzene rings is 2. The minimum Gasteiger partial charge on any atom is -0.478 e. The maximum absolute atomic E-state index is 13.9. The van der Waals surface area contributed by atoms with E-state index in [-0.39, 0.29) is 33.8 Å². The highest BCUT2D eigenvalue weighted by Crippen LogP contribution is 2.39. The molecule has 2 heterocycles. The van der Waals surface area contributed by atoms with Crippen LogP contribution in [0.2, 0.25) is 10.0 Å². The minimum atomic E-state index is -5.07. The Morgan fingerprint density at radius 1 is 1.07 bits per heavy atom. The Morgan fingerprint density at radius 3 is 2.27 bits per heavy atom. The van der Waals surface area contributed by atoms with E-state index >= 15 is 0 Å². The summed E-state index contributed by atoms with van der Waals surface area (Å²) >= 11 is 12.6. The maximum Gasteiger partial charge on any atom is 0.435 e. The predicted molar refractivity (Wildman–Crippen MR) is 144 cm³/mol. The van der Waals surface area contributed by atoms with E-state index < -0.39 is 44.3 Å². The van der Waals surface area contributed by atoms with Crippen molar-refractivity contribution in [2.75, 3.05) is 4.72 Å². The van der Waals surface area contributed by atoms with E-state index in [0.717, 1.165) is 36.4 Å². The fourth-order valence-electron chi connectivity index (χ4n) is 3.78. The van der Waals surface area contributed by atoms with Crippen LogP contribution in [0.3, 0.4) is 0 Å². The van der Waals surface area contributed by atoms with Gasteiger partial charge in [-0.05, 0) is 42.5 Å². The molecule has 4 rings (SSSR count). The van der Waals surface area contributed by atoms with Gasteiger partial charge in [0.05, 0.1) is 31.8 Å².